The van der Waals surface area contributed by atoms with Gasteiger partial charge in [-0.1, -0.05) is 30.2 Å². The Hall–Kier alpha value is -2.01. The van der Waals surface area contributed by atoms with E-state index in [9.17, 15) is 13.2 Å². The predicted molar refractivity (Wildman–Crippen MR) is 79.8 cm³/mol. The molecule has 2 nitrogen and oxygen atoms in total. The molecule has 1 unspecified atom stereocenters. The molecule has 1 atom stereocenters. The summed E-state index contributed by atoms with van der Waals surface area (Å²) in [5, 5.41) is 1.74. The summed E-state index contributed by atoms with van der Waals surface area (Å²) >= 11 is 0. The Labute approximate surface area is 142 Å². The van der Waals surface area contributed by atoms with Crippen molar-refractivity contribution in [2.45, 2.75) is 18.7 Å². The molecule has 0 aliphatic rings. The number of halogens is 3. The molecule has 0 heterocycles. The molecular weight excluding hydrogens is 291 g/mol. The molecule has 0 aliphatic heterocycles. The number of hydrogen-bond donors (Lipinski definition) is 1. The van der Waals surface area contributed by atoms with Crippen LogP contribution in [0.1, 0.15) is 37.4 Å². The highest BCUT2D eigenvalue weighted by molar-refractivity contribution is 5.30. The average Bonchev–Trinajstić information content (AvgIpc) is 2.62. The molecule has 0 spiro atoms. The van der Waals surface area contributed by atoms with Gasteiger partial charge in [-0.2, -0.15) is 13.2 Å². The Kier molecular flexibility index (Phi) is 2.50. The first-order valence-electron chi connectivity index (χ1n) is 11.1. The average molecular weight is 319 g/mol. The van der Waals surface area contributed by atoms with E-state index in [1.165, 1.54) is 0 Å². The molecule has 118 valence electrons. The third kappa shape index (κ3) is 4.49. The summed E-state index contributed by atoms with van der Waals surface area (Å²) in [6, 6.07) is -0.336. The van der Waals surface area contributed by atoms with Crippen LogP contribution >= 0.6 is 0 Å². The van der Waals surface area contributed by atoms with Crippen molar-refractivity contribution < 1.29 is 31.6 Å². The topological polar surface area (TPSA) is 21.3 Å². The van der Waals surface area contributed by atoms with E-state index in [-0.39, 0.29) is 5.75 Å². The zero-order valence-electron chi connectivity index (χ0n) is 21.1. The van der Waals surface area contributed by atoms with Gasteiger partial charge >= 0.3 is 6.18 Å². The third-order valence-electron chi connectivity index (χ3n) is 2.68. The van der Waals surface area contributed by atoms with Crippen LogP contribution in [0, 0.1) is 0 Å². The monoisotopic (exact) mass is 319 g/mol. The van der Waals surface area contributed by atoms with Crippen molar-refractivity contribution in [3.8, 4) is 5.75 Å². The first-order valence-corrected chi connectivity index (χ1v) is 6.13. The first kappa shape index (κ1) is 7.51. The van der Waals surface area contributed by atoms with Crippen LogP contribution < -0.4 is 10.1 Å². The minimum Gasteiger partial charge on any atom is -0.486 e. The second kappa shape index (κ2) is 7.31. The third-order valence-corrected chi connectivity index (χ3v) is 2.68. The van der Waals surface area contributed by atoms with Crippen molar-refractivity contribution in [3.63, 3.8) is 0 Å². The van der Waals surface area contributed by atoms with Crippen LogP contribution in [0.2, 0.25) is 0 Å². The van der Waals surface area contributed by atoms with Crippen LogP contribution in [0.5, 0.6) is 5.75 Å². The summed E-state index contributed by atoms with van der Waals surface area (Å²) in [7, 11) is 0. The Morgan fingerprint density at radius 2 is 1.91 bits per heavy atom. The molecule has 2 aromatic rings. The van der Waals surface area contributed by atoms with Crippen molar-refractivity contribution in [1.29, 1.82) is 0 Å². The SMILES string of the molecule is [2H]c1c([2H])c([2H])c(C(CC([2H])([2H])NC([2H])([2H])[2H])Oc2ccc(C(F)(F)F)cc2)c([2H])c1[2H]. The largest absolute Gasteiger partial charge is 0.486 e. The number of benzene rings is 2. The standard InChI is InChI=1S/C17H18F3NO/c1-21-12-11-16(13-5-3-2-4-6-13)22-15-9-7-14(8-10-15)17(18,19)20/h2-10,16,21H,11-12H2,1H3/i1D3,2D,3D,4D,5D,6D,12D2. The van der Waals surface area contributed by atoms with Crippen molar-refractivity contribution in [2.75, 3.05) is 13.5 Å². The molecule has 0 fully saturated rings. The van der Waals surface area contributed by atoms with E-state index in [1.807, 2.05) is 0 Å². The highest BCUT2D eigenvalue weighted by Crippen LogP contribution is 2.31. The summed E-state index contributed by atoms with van der Waals surface area (Å²) in [4.78, 5) is 0. The fraction of sp³-hybridized carbons (Fsp3) is 0.294. The highest BCUT2D eigenvalue weighted by atomic mass is 19.4. The fourth-order valence-electron chi connectivity index (χ4n) is 1.65. The van der Waals surface area contributed by atoms with Crippen LogP contribution in [0.3, 0.4) is 0 Å². The normalized spacial score (nSPS) is 20.7. The number of nitrogens with one attached hydrogen (secondary N) is 1. The lowest BCUT2D eigenvalue weighted by atomic mass is 10.1. The predicted octanol–water partition coefficient (Wildman–Crippen LogP) is 4.44. The van der Waals surface area contributed by atoms with Gasteiger partial charge in [0.2, 0.25) is 0 Å². The van der Waals surface area contributed by atoms with Gasteiger partial charge in [0.05, 0.1) is 12.4 Å². The second-order valence-corrected chi connectivity index (χ2v) is 4.17. The maximum Gasteiger partial charge on any atom is 0.416 e. The number of hydrogen-bond acceptors (Lipinski definition) is 2. The molecule has 22 heavy (non-hydrogen) atoms. The summed E-state index contributed by atoms with van der Waals surface area (Å²) < 4.78 is 121. The van der Waals surface area contributed by atoms with Gasteiger partial charge in [0.1, 0.15) is 11.9 Å². The first-order chi connectivity index (χ1) is 14.4. The molecule has 0 saturated carbocycles. The summed E-state index contributed by atoms with van der Waals surface area (Å²) in [6.45, 7) is -5.58. The van der Waals surface area contributed by atoms with Gasteiger partial charge in [-0.3, -0.25) is 0 Å². The molecule has 0 amide bonds. The van der Waals surface area contributed by atoms with Crippen LogP contribution in [0.15, 0.2) is 54.5 Å². The van der Waals surface area contributed by atoms with Crippen molar-refractivity contribution >= 4 is 0 Å². The Balaban J connectivity index is 2.54. The van der Waals surface area contributed by atoms with Gasteiger partial charge in [-0.25, -0.2) is 0 Å². The van der Waals surface area contributed by atoms with E-state index in [4.69, 9.17) is 18.4 Å². The minimum absolute atomic E-state index is 0.209. The van der Waals surface area contributed by atoms with Gasteiger partial charge in [-0.05, 0) is 43.3 Å². The quantitative estimate of drug-likeness (QED) is 0.850. The van der Waals surface area contributed by atoms with Crippen molar-refractivity contribution in [3.05, 3.63) is 65.6 Å². The van der Waals surface area contributed by atoms with E-state index < -0.39 is 73.5 Å². The smallest absolute Gasteiger partial charge is 0.416 e. The lowest BCUT2D eigenvalue weighted by molar-refractivity contribution is -0.137. The fourth-order valence-corrected chi connectivity index (χ4v) is 1.65. The summed E-state index contributed by atoms with van der Waals surface area (Å²) in [6.07, 6.45) is -7.09. The van der Waals surface area contributed by atoms with E-state index >= 15 is 0 Å². The Bertz CT molecular complexity index is 948. The lowest BCUT2D eigenvalue weighted by Crippen LogP contribution is -2.16. The van der Waals surface area contributed by atoms with Crippen LogP contribution in [0.4, 0.5) is 13.2 Å². The zero-order valence-corrected chi connectivity index (χ0v) is 11.1. The molecule has 2 aromatic carbocycles. The summed E-state index contributed by atoms with van der Waals surface area (Å²) in [5.74, 6) is -0.209. The van der Waals surface area contributed by atoms with Gasteiger partial charge in [0.25, 0.3) is 0 Å². The van der Waals surface area contributed by atoms with E-state index in [0.717, 1.165) is 12.1 Å². The molecule has 5 heteroatoms. The zero-order chi connectivity index (χ0) is 24.6. The van der Waals surface area contributed by atoms with Crippen molar-refractivity contribution in [1.82, 2.24) is 5.32 Å². The lowest BCUT2D eigenvalue weighted by Gasteiger charge is -2.20. The number of rotatable bonds is 6. The molecular formula is C17H18F3NO. The van der Waals surface area contributed by atoms with Gasteiger partial charge < -0.3 is 10.1 Å². The minimum atomic E-state index is -4.62. The molecule has 0 aliphatic carbocycles. The number of alkyl halides is 3. The number of ether oxygens (including phenoxy) is 1. The van der Waals surface area contributed by atoms with Crippen molar-refractivity contribution in [2.24, 2.45) is 0 Å². The second-order valence-electron chi connectivity index (χ2n) is 4.17. The van der Waals surface area contributed by atoms with Crippen LogP contribution in [-0.4, -0.2) is 13.5 Å². The highest BCUT2D eigenvalue weighted by Gasteiger charge is 2.30. The maximum atomic E-state index is 12.8. The van der Waals surface area contributed by atoms with E-state index in [1.54, 1.807) is 5.32 Å². The molecule has 1 N–H and O–H groups in total. The maximum absolute atomic E-state index is 12.8. The molecule has 0 saturated heterocycles. The van der Waals surface area contributed by atoms with Crippen LogP contribution in [0.25, 0.3) is 0 Å². The molecule has 0 aromatic heterocycles. The molecule has 2 rings (SSSR count). The van der Waals surface area contributed by atoms with Gasteiger partial charge in [0, 0.05) is 13.3 Å². The van der Waals surface area contributed by atoms with E-state index in [2.05, 4.69) is 0 Å². The summed E-state index contributed by atoms with van der Waals surface area (Å²) in [5.41, 5.74) is -1.45. The molecule has 0 bridgehead atoms. The Morgan fingerprint density at radius 1 is 1.23 bits per heavy atom. The van der Waals surface area contributed by atoms with Gasteiger partial charge in [0.15, 0.2) is 0 Å². The van der Waals surface area contributed by atoms with Gasteiger partial charge in [-0.15, -0.1) is 0 Å². The Morgan fingerprint density at radius 3 is 2.50 bits per heavy atom. The molecule has 0 radical (unpaired) electrons. The van der Waals surface area contributed by atoms with E-state index in [0.29, 0.717) is 12.1 Å². The van der Waals surface area contributed by atoms with Crippen LogP contribution in [-0.2, 0) is 6.18 Å².